The van der Waals surface area contributed by atoms with E-state index in [1.165, 1.54) is 18.4 Å². The highest BCUT2D eigenvalue weighted by molar-refractivity contribution is 5.78. The number of rotatable bonds is 5. The number of benzene rings is 1. The maximum absolute atomic E-state index is 12.9. The fourth-order valence-electron chi connectivity index (χ4n) is 4.26. The molecule has 0 aliphatic carbocycles. The van der Waals surface area contributed by atoms with Gasteiger partial charge >= 0.3 is 0 Å². The molecule has 132 valence electrons. The molecule has 24 heavy (non-hydrogen) atoms. The molecule has 0 radical (unpaired) electrons. The van der Waals surface area contributed by atoms with E-state index in [0.29, 0.717) is 24.5 Å². The molecule has 2 atom stereocenters. The summed E-state index contributed by atoms with van der Waals surface area (Å²) in [6, 6.07) is 9.09. The van der Waals surface area contributed by atoms with Crippen molar-refractivity contribution in [3.8, 4) is 5.75 Å². The zero-order valence-electron chi connectivity index (χ0n) is 15.0. The van der Waals surface area contributed by atoms with Crippen molar-refractivity contribution in [1.29, 1.82) is 0 Å². The Kier molecular flexibility index (Phi) is 5.77. The summed E-state index contributed by atoms with van der Waals surface area (Å²) in [6.45, 7) is 4.71. The Morgan fingerprint density at radius 3 is 2.88 bits per heavy atom. The number of amides is 1. The summed E-state index contributed by atoms with van der Waals surface area (Å²) in [5, 5.41) is 0. The van der Waals surface area contributed by atoms with Gasteiger partial charge in [-0.1, -0.05) is 19.1 Å². The van der Waals surface area contributed by atoms with Crippen molar-refractivity contribution >= 4 is 5.91 Å². The quantitative estimate of drug-likeness (QED) is 0.826. The van der Waals surface area contributed by atoms with Crippen molar-refractivity contribution in [3.05, 3.63) is 29.8 Å². The van der Waals surface area contributed by atoms with Gasteiger partial charge in [-0.15, -0.1) is 0 Å². The molecule has 0 unspecified atom stereocenters. The number of carbonyl (C=O) groups is 1. The molecule has 1 aromatic carbocycles. The average molecular weight is 330 g/mol. The fourth-order valence-corrected chi connectivity index (χ4v) is 4.26. The van der Waals surface area contributed by atoms with Crippen molar-refractivity contribution in [1.82, 2.24) is 9.80 Å². The van der Waals surface area contributed by atoms with Crippen LogP contribution in [0.1, 0.15) is 57.1 Å². The van der Waals surface area contributed by atoms with Crippen LogP contribution in [0.4, 0.5) is 0 Å². The summed E-state index contributed by atoms with van der Waals surface area (Å²) in [6.07, 6.45) is 6.94. The molecule has 0 spiro atoms. The van der Waals surface area contributed by atoms with Gasteiger partial charge in [0.25, 0.3) is 0 Å². The molecular formula is C20H30N2O2. The van der Waals surface area contributed by atoms with E-state index in [0.717, 1.165) is 44.5 Å². The molecule has 2 aliphatic heterocycles. The number of hydrogen-bond donors (Lipinski definition) is 0. The van der Waals surface area contributed by atoms with Crippen molar-refractivity contribution in [2.24, 2.45) is 0 Å². The highest BCUT2D eigenvalue weighted by Gasteiger charge is 2.31. The zero-order valence-corrected chi connectivity index (χ0v) is 15.0. The lowest BCUT2D eigenvalue weighted by molar-refractivity contribution is -0.136. The number of piperidine rings is 1. The maximum Gasteiger partial charge on any atom is 0.237 e. The van der Waals surface area contributed by atoms with E-state index in [2.05, 4.69) is 28.9 Å². The number of likely N-dealkylation sites (tertiary alicyclic amines) is 2. The number of hydrogen-bond acceptors (Lipinski definition) is 3. The van der Waals surface area contributed by atoms with Crippen LogP contribution in [-0.2, 0) is 4.79 Å². The third-order valence-electron chi connectivity index (χ3n) is 5.60. The molecular weight excluding hydrogens is 300 g/mol. The molecule has 2 saturated heterocycles. The summed E-state index contributed by atoms with van der Waals surface area (Å²) in [4.78, 5) is 17.4. The lowest BCUT2D eigenvalue weighted by atomic mass is 10.00. The van der Waals surface area contributed by atoms with Gasteiger partial charge in [0.05, 0.1) is 13.7 Å². The largest absolute Gasteiger partial charge is 0.497 e. The van der Waals surface area contributed by atoms with Crippen LogP contribution in [0, 0.1) is 0 Å². The predicted molar refractivity (Wildman–Crippen MR) is 96.2 cm³/mol. The Morgan fingerprint density at radius 2 is 2.08 bits per heavy atom. The molecule has 0 saturated carbocycles. The summed E-state index contributed by atoms with van der Waals surface area (Å²) in [7, 11) is 1.70. The van der Waals surface area contributed by atoms with Gasteiger partial charge < -0.3 is 9.64 Å². The van der Waals surface area contributed by atoms with Gasteiger partial charge in [0.15, 0.2) is 0 Å². The van der Waals surface area contributed by atoms with E-state index in [4.69, 9.17) is 4.74 Å². The van der Waals surface area contributed by atoms with Crippen molar-refractivity contribution < 1.29 is 9.53 Å². The fraction of sp³-hybridized carbons (Fsp3) is 0.650. The monoisotopic (exact) mass is 330 g/mol. The van der Waals surface area contributed by atoms with Crippen LogP contribution in [0.15, 0.2) is 24.3 Å². The van der Waals surface area contributed by atoms with Crippen molar-refractivity contribution in [2.75, 3.05) is 26.7 Å². The van der Waals surface area contributed by atoms with Crippen molar-refractivity contribution in [2.45, 2.75) is 57.5 Å². The lowest BCUT2D eigenvalue weighted by Crippen LogP contribution is -2.47. The van der Waals surface area contributed by atoms with E-state index in [1.807, 2.05) is 12.1 Å². The molecule has 3 rings (SSSR count). The Balaban J connectivity index is 1.68. The minimum Gasteiger partial charge on any atom is -0.497 e. The van der Waals surface area contributed by atoms with Gasteiger partial charge in [0.2, 0.25) is 5.91 Å². The minimum atomic E-state index is 0.316. The Bertz CT molecular complexity index is 560. The second-order valence-corrected chi connectivity index (χ2v) is 7.05. The lowest BCUT2D eigenvalue weighted by Gasteiger charge is -2.37. The topological polar surface area (TPSA) is 32.8 Å². The van der Waals surface area contributed by atoms with Crippen LogP contribution in [-0.4, -0.2) is 48.5 Å². The van der Waals surface area contributed by atoms with Gasteiger partial charge in [-0.2, -0.15) is 0 Å². The second-order valence-electron chi connectivity index (χ2n) is 7.05. The van der Waals surface area contributed by atoms with Crippen LogP contribution in [0.25, 0.3) is 0 Å². The van der Waals surface area contributed by atoms with Crippen LogP contribution in [0.5, 0.6) is 5.75 Å². The molecule has 2 fully saturated rings. The highest BCUT2D eigenvalue weighted by atomic mass is 16.5. The third kappa shape index (κ3) is 3.75. The zero-order chi connectivity index (χ0) is 16.9. The number of ether oxygens (including phenoxy) is 1. The van der Waals surface area contributed by atoms with E-state index < -0.39 is 0 Å². The van der Waals surface area contributed by atoms with Gasteiger partial charge in [0.1, 0.15) is 5.75 Å². The van der Waals surface area contributed by atoms with E-state index in [1.54, 1.807) is 7.11 Å². The van der Waals surface area contributed by atoms with Crippen LogP contribution < -0.4 is 4.74 Å². The Labute approximate surface area is 145 Å². The van der Waals surface area contributed by atoms with Crippen LogP contribution >= 0.6 is 0 Å². The summed E-state index contributed by atoms with van der Waals surface area (Å²) < 4.78 is 5.36. The summed E-state index contributed by atoms with van der Waals surface area (Å²) in [5.74, 6) is 1.21. The second kappa shape index (κ2) is 8.02. The normalized spacial score (nSPS) is 25.0. The molecule has 4 heteroatoms. The van der Waals surface area contributed by atoms with E-state index in [9.17, 15) is 4.79 Å². The van der Waals surface area contributed by atoms with Crippen molar-refractivity contribution in [3.63, 3.8) is 0 Å². The third-order valence-corrected chi connectivity index (χ3v) is 5.60. The summed E-state index contributed by atoms with van der Waals surface area (Å²) >= 11 is 0. The summed E-state index contributed by atoms with van der Waals surface area (Å²) in [5.41, 5.74) is 1.27. The Morgan fingerprint density at radius 1 is 1.21 bits per heavy atom. The highest BCUT2D eigenvalue weighted by Crippen LogP contribution is 2.33. The van der Waals surface area contributed by atoms with E-state index >= 15 is 0 Å². The number of nitrogens with zero attached hydrogens (tertiary/aromatic N) is 2. The SMILES string of the molecule is CC[C@H]1CCCCN1C(=O)CN1CCC[C@H]1c1cccc(OC)c1. The van der Waals surface area contributed by atoms with Gasteiger partial charge in [-0.05, 0) is 62.8 Å². The average Bonchev–Trinajstić information content (AvgIpc) is 3.09. The molecule has 0 bridgehead atoms. The van der Waals surface area contributed by atoms with E-state index in [-0.39, 0.29) is 0 Å². The van der Waals surface area contributed by atoms with Crippen LogP contribution in [0.2, 0.25) is 0 Å². The first-order chi connectivity index (χ1) is 11.7. The predicted octanol–water partition coefficient (Wildman–Crippen LogP) is 3.62. The first-order valence-electron chi connectivity index (χ1n) is 9.40. The molecule has 2 aliphatic rings. The first kappa shape index (κ1) is 17.3. The minimum absolute atomic E-state index is 0.316. The van der Waals surface area contributed by atoms with Crippen LogP contribution in [0.3, 0.4) is 0 Å². The molecule has 1 amide bonds. The number of methoxy groups -OCH3 is 1. The first-order valence-corrected chi connectivity index (χ1v) is 9.40. The molecule has 0 aromatic heterocycles. The smallest absolute Gasteiger partial charge is 0.237 e. The molecule has 1 aromatic rings. The van der Waals surface area contributed by atoms with Gasteiger partial charge in [-0.3, -0.25) is 9.69 Å². The number of carbonyl (C=O) groups excluding carboxylic acids is 1. The van der Waals surface area contributed by atoms with Gasteiger partial charge in [-0.25, -0.2) is 0 Å². The Hall–Kier alpha value is -1.55. The molecule has 0 N–H and O–H groups in total. The molecule has 4 nitrogen and oxygen atoms in total. The maximum atomic E-state index is 12.9. The van der Waals surface area contributed by atoms with Gasteiger partial charge in [0, 0.05) is 18.6 Å². The standard InChI is InChI=1S/C20H30N2O2/c1-3-17-9-4-5-13-22(17)20(23)15-21-12-7-11-19(21)16-8-6-10-18(14-16)24-2/h6,8,10,14,17,19H,3-5,7,9,11-13,15H2,1-2H3/t17-,19-/m0/s1. The molecule has 2 heterocycles.